The molecule has 1 heterocycles. The highest BCUT2D eigenvalue weighted by Crippen LogP contribution is 2.12. The van der Waals surface area contributed by atoms with E-state index in [4.69, 9.17) is 4.42 Å². The summed E-state index contributed by atoms with van der Waals surface area (Å²) in [5.74, 6) is 1.03. The minimum Gasteiger partial charge on any atom is -0.455 e. The lowest BCUT2D eigenvalue weighted by Gasteiger charge is -2.15. The van der Waals surface area contributed by atoms with Crippen LogP contribution < -0.4 is 5.32 Å². The molecule has 0 aliphatic heterocycles. The lowest BCUT2D eigenvalue weighted by Crippen LogP contribution is -2.31. The van der Waals surface area contributed by atoms with E-state index in [1.165, 1.54) is 5.56 Å². The van der Waals surface area contributed by atoms with E-state index in [1.807, 2.05) is 45.2 Å². The first-order chi connectivity index (χ1) is 10.6. The van der Waals surface area contributed by atoms with Crippen molar-refractivity contribution in [2.24, 2.45) is 0 Å². The maximum Gasteiger partial charge on any atom is 0.287 e. The Bertz CT molecular complexity index is 592. The number of furan rings is 1. The Kier molecular flexibility index (Phi) is 5.78. The third kappa shape index (κ3) is 4.74. The number of nitrogens with zero attached hydrogens (tertiary/aromatic N) is 1. The Morgan fingerprint density at radius 3 is 2.59 bits per heavy atom. The van der Waals surface area contributed by atoms with Gasteiger partial charge in [-0.2, -0.15) is 0 Å². The lowest BCUT2D eigenvalue weighted by atomic mass is 10.2. The van der Waals surface area contributed by atoms with Gasteiger partial charge in [0.2, 0.25) is 0 Å². The van der Waals surface area contributed by atoms with Gasteiger partial charge in [0.25, 0.3) is 5.91 Å². The first-order valence-electron chi connectivity index (χ1n) is 7.70. The van der Waals surface area contributed by atoms with Crippen LogP contribution >= 0.6 is 0 Å². The lowest BCUT2D eigenvalue weighted by molar-refractivity contribution is 0.0907. The van der Waals surface area contributed by atoms with Gasteiger partial charge in [0.05, 0.1) is 6.54 Å². The Morgan fingerprint density at radius 2 is 1.91 bits per heavy atom. The van der Waals surface area contributed by atoms with Crippen molar-refractivity contribution >= 4 is 5.91 Å². The van der Waals surface area contributed by atoms with Crippen molar-refractivity contribution < 1.29 is 9.21 Å². The van der Waals surface area contributed by atoms with E-state index in [-0.39, 0.29) is 11.9 Å². The summed E-state index contributed by atoms with van der Waals surface area (Å²) >= 11 is 0. The molecule has 0 unspecified atom stereocenters. The Labute approximate surface area is 132 Å². The predicted molar refractivity (Wildman–Crippen MR) is 87.5 cm³/mol. The standard InChI is InChI=1S/C18H24N2O2/c1-4-14(2)19-18(21)17-11-10-16(22-17)13-20(3)12-15-8-6-5-7-9-15/h5-11,14H,4,12-13H2,1-3H3,(H,19,21)/t14-/m0/s1. The van der Waals surface area contributed by atoms with Crippen molar-refractivity contribution in [1.29, 1.82) is 0 Å². The number of benzene rings is 1. The van der Waals surface area contributed by atoms with Gasteiger partial charge in [-0.1, -0.05) is 37.3 Å². The van der Waals surface area contributed by atoms with Gasteiger partial charge in [-0.25, -0.2) is 0 Å². The first-order valence-corrected chi connectivity index (χ1v) is 7.70. The molecule has 2 rings (SSSR count). The van der Waals surface area contributed by atoms with E-state index in [0.717, 1.165) is 18.7 Å². The van der Waals surface area contributed by atoms with Crippen molar-refractivity contribution in [3.63, 3.8) is 0 Å². The fourth-order valence-electron chi connectivity index (χ4n) is 2.20. The molecule has 1 amide bonds. The van der Waals surface area contributed by atoms with Crippen LogP contribution in [-0.4, -0.2) is 23.9 Å². The van der Waals surface area contributed by atoms with Crippen LogP contribution in [-0.2, 0) is 13.1 Å². The monoisotopic (exact) mass is 300 g/mol. The van der Waals surface area contributed by atoms with Crippen LogP contribution in [0.1, 0.15) is 42.1 Å². The predicted octanol–water partition coefficient (Wildman–Crippen LogP) is 3.44. The molecule has 118 valence electrons. The SMILES string of the molecule is CC[C@H](C)NC(=O)c1ccc(CN(C)Cc2ccccc2)o1. The van der Waals surface area contributed by atoms with Gasteiger partial charge in [0.15, 0.2) is 5.76 Å². The molecule has 1 atom stereocenters. The second kappa shape index (κ2) is 7.80. The molecule has 4 nitrogen and oxygen atoms in total. The maximum atomic E-state index is 12.0. The van der Waals surface area contributed by atoms with Crippen LogP contribution in [0.5, 0.6) is 0 Å². The molecule has 4 heteroatoms. The quantitative estimate of drug-likeness (QED) is 0.852. The van der Waals surface area contributed by atoms with Crippen LogP contribution in [0.4, 0.5) is 0 Å². The number of hydrogen-bond donors (Lipinski definition) is 1. The topological polar surface area (TPSA) is 45.5 Å². The normalized spacial score (nSPS) is 12.4. The largest absolute Gasteiger partial charge is 0.455 e. The Morgan fingerprint density at radius 1 is 1.18 bits per heavy atom. The number of carbonyl (C=O) groups excluding carboxylic acids is 1. The highest BCUT2D eigenvalue weighted by Gasteiger charge is 2.13. The second-order valence-electron chi connectivity index (χ2n) is 5.71. The summed E-state index contributed by atoms with van der Waals surface area (Å²) in [6.07, 6.45) is 0.902. The van der Waals surface area contributed by atoms with E-state index in [0.29, 0.717) is 12.3 Å². The molecule has 0 bridgehead atoms. The van der Waals surface area contributed by atoms with E-state index in [2.05, 4.69) is 22.3 Å². The number of nitrogens with one attached hydrogen (secondary N) is 1. The fraction of sp³-hybridized carbons (Fsp3) is 0.389. The molecule has 0 saturated heterocycles. The van der Waals surface area contributed by atoms with Crippen molar-refractivity contribution in [2.75, 3.05) is 7.05 Å². The molecule has 1 aromatic heterocycles. The molecular weight excluding hydrogens is 276 g/mol. The average Bonchev–Trinajstić information content (AvgIpc) is 2.96. The van der Waals surface area contributed by atoms with Gasteiger partial charge in [-0.05, 0) is 38.1 Å². The summed E-state index contributed by atoms with van der Waals surface area (Å²) in [4.78, 5) is 14.1. The summed E-state index contributed by atoms with van der Waals surface area (Å²) in [6.45, 7) is 5.54. The van der Waals surface area contributed by atoms with Crippen molar-refractivity contribution in [3.8, 4) is 0 Å². The zero-order chi connectivity index (χ0) is 15.9. The Hall–Kier alpha value is -2.07. The van der Waals surface area contributed by atoms with Gasteiger partial charge < -0.3 is 9.73 Å². The third-order valence-corrected chi connectivity index (χ3v) is 3.60. The minimum atomic E-state index is -0.147. The van der Waals surface area contributed by atoms with Crippen LogP contribution in [0, 0.1) is 0 Å². The molecule has 2 aromatic rings. The highest BCUT2D eigenvalue weighted by atomic mass is 16.4. The summed E-state index contributed by atoms with van der Waals surface area (Å²) in [7, 11) is 2.04. The van der Waals surface area contributed by atoms with E-state index < -0.39 is 0 Å². The second-order valence-corrected chi connectivity index (χ2v) is 5.71. The molecule has 1 N–H and O–H groups in total. The smallest absolute Gasteiger partial charge is 0.287 e. The average molecular weight is 300 g/mol. The number of amides is 1. The number of rotatable bonds is 7. The molecule has 0 fully saturated rings. The van der Waals surface area contributed by atoms with Crippen LogP contribution in [0.3, 0.4) is 0 Å². The van der Waals surface area contributed by atoms with Crippen molar-refractivity contribution in [1.82, 2.24) is 10.2 Å². The molecule has 22 heavy (non-hydrogen) atoms. The van der Waals surface area contributed by atoms with E-state index in [1.54, 1.807) is 6.07 Å². The number of hydrogen-bond acceptors (Lipinski definition) is 3. The molecule has 0 aliphatic carbocycles. The summed E-state index contributed by atoms with van der Waals surface area (Å²) in [5.41, 5.74) is 1.26. The van der Waals surface area contributed by atoms with Gasteiger partial charge in [0.1, 0.15) is 5.76 Å². The molecule has 0 aliphatic rings. The Balaban J connectivity index is 1.90. The third-order valence-electron chi connectivity index (χ3n) is 3.60. The van der Waals surface area contributed by atoms with Gasteiger partial charge in [-0.15, -0.1) is 0 Å². The van der Waals surface area contributed by atoms with E-state index in [9.17, 15) is 4.79 Å². The molecule has 0 spiro atoms. The molecule has 0 radical (unpaired) electrons. The van der Waals surface area contributed by atoms with Crippen LogP contribution in [0.25, 0.3) is 0 Å². The summed E-state index contributed by atoms with van der Waals surface area (Å²) in [6, 6.07) is 14.0. The minimum absolute atomic E-state index is 0.147. The molecule has 0 saturated carbocycles. The van der Waals surface area contributed by atoms with Crippen LogP contribution in [0.15, 0.2) is 46.9 Å². The van der Waals surface area contributed by atoms with Crippen molar-refractivity contribution in [2.45, 2.75) is 39.4 Å². The number of carbonyl (C=O) groups is 1. The van der Waals surface area contributed by atoms with E-state index >= 15 is 0 Å². The molecule has 1 aromatic carbocycles. The first kappa shape index (κ1) is 16.3. The molecular formula is C18H24N2O2. The summed E-state index contributed by atoms with van der Waals surface area (Å²) < 4.78 is 5.65. The van der Waals surface area contributed by atoms with Crippen molar-refractivity contribution in [3.05, 3.63) is 59.5 Å². The highest BCUT2D eigenvalue weighted by molar-refractivity contribution is 5.91. The zero-order valence-electron chi connectivity index (χ0n) is 13.5. The zero-order valence-corrected chi connectivity index (χ0v) is 13.5. The fourth-order valence-corrected chi connectivity index (χ4v) is 2.20. The van der Waals surface area contributed by atoms with Crippen LogP contribution in [0.2, 0.25) is 0 Å². The van der Waals surface area contributed by atoms with Gasteiger partial charge in [0, 0.05) is 12.6 Å². The summed E-state index contributed by atoms with van der Waals surface area (Å²) in [5, 5.41) is 2.91. The maximum absolute atomic E-state index is 12.0. The van der Waals surface area contributed by atoms with Gasteiger partial charge in [-0.3, -0.25) is 9.69 Å². The van der Waals surface area contributed by atoms with Gasteiger partial charge >= 0.3 is 0 Å².